The van der Waals surface area contributed by atoms with Gasteiger partial charge in [0.25, 0.3) is 0 Å². The number of carbonyl (C=O) groups excluding carboxylic acids is 1. The molecule has 1 heterocycles. The average molecular weight is 316 g/mol. The summed E-state index contributed by atoms with van der Waals surface area (Å²) in [5.41, 5.74) is 1.78. The third kappa shape index (κ3) is 4.08. The van der Waals surface area contributed by atoms with Gasteiger partial charge in [0.05, 0.1) is 12.1 Å². The molecule has 2 aromatic rings. The van der Waals surface area contributed by atoms with Crippen molar-refractivity contribution in [2.75, 3.05) is 12.9 Å². The summed E-state index contributed by atoms with van der Waals surface area (Å²) in [4.78, 5) is 16.3. The maximum absolute atomic E-state index is 12.0. The van der Waals surface area contributed by atoms with Crippen LogP contribution < -0.4 is 5.32 Å². The Morgan fingerprint density at radius 2 is 2.18 bits per heavy atom. The van der Waals surface area contributed by atoms with Crippen LogP contribution >= 0.6 is 11.8 Å². The van der Waals surface area contributed by atoms with Crippen molar-refractivity contribution in [3.8, 4) is 0 Å². The van der Waals surface area contributed by atoms with Gasteiger partial charge in [-0.1, -0.05) is 24.3 Å². The second kappa shape index (κ2) is 7.96. The third-order valence-electron chi connectivity index (χ3n) is 3.49. The minimum atomic E-state index is -0.173. The summed E-state index contributed by atoms with van der Waals surface area (Å²) >= 11 is 1.54. The molecule has 0 aliphatic heterocycles. The number of carbonyl (C=O) groups is 1. The monoisotopic (exact) mass is 316 g/mol. The van der Waals surface area contributed by atoms with Crippen LogP contribution in [-0.4, -0.2) is 40.2 Å². The number of aromatic nitrogens is 1. The van der Waals surface area contributed by atoms with E-state index in [0.29, 0.717) is 0 Å². The van der Waals surface area contributed by atoms with Gasteiger partial charge < -0.3 is 10.4 Å². The van der Waals surface area contributed by atoms with E-state index < -0.39 is 0 Å². The molecule has 22 heavy (non-hydrogen) atoms. The molecule has 5 heteroatoms. The van der Waals surface area contributed by atoms with Crippen LogP contribution in [0.2, 0.25) is 0 Å². The molecule has 0 fully saturated rings. The zero-order valence-corrected chi connectivity index (χ0v) is 13.5. The first-order valence-electron chi connectivity index (χ1n) is 7.11. The van der Waals surface area contributed by atoms with E-state index in [4.69, 9.17) is 0 Å². The molecule has 0 saturated carbocycles. The predicted molar refractivity (Wildman–Crippen MR) is 92.8 cm³/mol. The van der Waals surface area contributed by atoms with Gasteiger partial charge in [-0.25, -0.2) is 0 Å². The van der Waals surface area contributed by atoms with E-state index in [9.17, 15) is 9.90 Å². The Kier molecular flexibility index (Phi) is 5.98. The van der Waals surface area contributed by atoms with Gasteiger partial charge in [-0.3, -0.25) is 9.78 Å². The fourth-order valence-electron chi connectivity index (χ4n) is 2.23. The van der Waals surface area contributed by atoms with Crippen molar-refractivity contribution in [1.82, 2.24) is 10.3 Å². The molecule has 116 valence electrons. The number of aliphatic hydroxyl groups excluding tert-OH is 1. The van der Waals surface area contributed by atoms with Gasteiger partial charge in [0.15, 0.2) is 0 Å². The van der Waals surface area contributed by atoms with Gasteiger partial charge in [-0.15, -0.1) is 0 Å². The van der Waals surface area contributed by atoms with Gasteiger partial charge in [0.2, 0.25) is 5.91 Å². The molecule has 0 aliphatic carbocycles. The second-order valence-corrected chi connectivity index (χ2v) is 6.09. The first-order chi connectivity index (χ1) is 10.7. The zero-order valence-electron chi connectivity index (χ0n) is 12.7. The summed E-state index contributed by atoms with van der Waals surface area (Å²) in [6.07, 6.45) is 6.94. The summed E-state index contributed by atoms with van der Waals surface area (Å²) in [5.74, 6) is -0.173. The minimum absolute atomic E-state index is 0.00317. The molecule has 0 bridgehead atoms. The van der Waals surface area contributed by atoms with Gasteiger partial charge in [-0.2, -0.15) is 11.8 Å². The maximum atomic E-state index is 12.0. The van der Waals surface area contributed by atoms with Gasteiger partial charge in [-0.05, 0) is 25.3 Å². The highest BCUT2D eigenvalue weighted by molar-refractivity contribution is 7.99. The number of nitrogens with one attached hydrogen (secondary N) is 1. The predicted octanol–water partition coefficient (Wildman–Crippen LogP) is 2.48. The lowest BCUT2D eigenvalue weighted by molar-refractivity contribution is -0.117. The van der Waals surface area contributed by atoms with Crippen LogP contribution in [0.1, 0.15) is 12.5 Å². The van der Waals surface area contributed by atoms with E-state index in [1.54, 1.807) is 12.3 Å². The first-order valence-corrected chi connectivity index (χ1v) is 8.40. The second-order valence-electron chi connectivity index (χ2n) is 5.01. The summed E-state index contributed by atoms with van der Waals surface area (Å²) in [6, 6.07) is 9.66. The molecule has 2 atom stereocenters. The lowest BCUT2D eigenvalue weighted by atomic mass is 10.1. The highest BCUT2D eigenvalue weighted by Crippen LogP contribution is 2.17. The highest BCUT2D eigenvalue weighted by atomic mass is 32.2. The van der Waals surface area contributed by atoms with Crippen molar-refractivity contribution in [2.45, 2.75) is 18.2 Å². The van der Waals surface area contributed by atoms with Gasteiger partial charge in [0.1, 0.15) is 0 Å². The number of hydrogen-bond acceptors (Lipinski definition) is 4. The molecule has 2 unspecified atom stereocenters. The van der Waals surface area contributed by atoms with Crippen molar-refractivity contribution in [3.05, 3.63) is 48.2 Å². The molecule has 4 nitrogen and oxygen atoms in total. The number of amides is 1. The number of rotatable bonds is 6. The average Bonchev–Trinajstić information content (AvgIpc) is 2.54. The van der Waals surface area contributed by atoms with Crippen molar-refractivity contribution < 1.29 is 9.90 Å². The van der Waals surface area contributed by atoms with E-state index in [0.717, 1.165) is 16.5 Å². The van der Waals surface area contributed by atoms with Crippen LogP contribution in [-0.2, 0) is 4.79 Å². The molecule has 2 rings (SSSR count). The molecular formula is C17H20N2O2S. The Morgan fingerprint density at radius 3 is 2.91 bits per heavy atom. The number of para-hydroxylation sites is 1. The Labute approximate surface area is 134 Å². The lowest BCUT2D eigenvalue weighted by Gasteiger charge is -2.20. The number of benzene rings is 1. The molecular weight excluding hydrogens is 296 g/mol. The largest absolute Gasteiger partial charge is 0.395 e. The zero-order chi connectivity index (χ0) is 15.9. The molecule has 0 spiro atoms. The molecule has 0 saturated heterocycles. The number of nitrogens with zero attached hydrogens (tertiary/aromatic N) is 1. The Morgan fingerprint density at radius 1 is 1.41 bits per heavy atom. The molecule has 1 amide bonds. The fraction of sp³-hybridized carbons (Fsp3) is 0.294. The van der Waals surface area contributed by atoms with Crippen molar-refractivity contribution in [1.29, 1.82) is 0 Å². The normalized spacial score (nSPS) is 14.1. The Bertz CT molecular complexity index is 663. The van der Waals surface area contributed by atoms with Crippen molar-refractivity contribution in [2.24, 2.45) is 0 Å². The lowest BCUT2D eigenvalue weighted by Crippen LogP contribution is -2.40. The van der Waals surface area contributed by atoms with Crippen LogP contribution in [0.25, 0.3) is 17.0 Å². The fourth-order valence-corrected chi connectivity index (χ4v) is 2.86. The van der Waals surface area contributed by atoms with Gasteiger partial charge in [0, 0.05) is 34.5 Å². The van der Waals surface area contributed by atoms with Crippen molar-refractivity contribution in [3.63, 3.8) is 0 Å². The number of pyridine rings is 1. The number of hydrogen-bond donors (Lipinski definition) is 2. The summed E-state index contributed by atoms with van der Waals surface area (Å²) in [6.45, 7) is 1.93. The molecule has 1 aromatic heterocycles. The highest BCUT2D eigenvalue weighted by Gasteiger charge is 2.16. The molecule has 1 aromatic carbocycles. The SMILES string of the molecule is CSC(CO)C(C)NC(=O)/C=C/c1cccc2cccnc12. The van der Waals surface area contributed by atoms with Crippen LogP contribution in [0.15, 0.2) is 42.6 Å². The van der Waals surface area contributed by atoms with E-state index in [2.05, 4.69) is 10.3 Å². The Balaban J connectivity index is 2.09. The smallest absolute Gasteiger partial charge is 0.244 e. The van der Waals surface area contributed by atoms with Crippen molar-refractivity contribution >= 4 is 34.6 Å². The summed E-state index contributed by atoms with van der Waals surface area (Å²) in [7, 11) is 0. The van der Waals surface area contributed by atoms with Crippen LogP contribution in [0.3, 0.4) is 0 Å². The van der Waals surface area contributed by atoms with E-state index in [-0.39, 0.29) is 23.8 Å². The van der Waals surface area contributed by atoms with Gasteiger partial charge >= 0.3 is 0 Å². The number of fused-ring (bicyclic) bond motifs is 1. The van der Waals surface area contributed by atoms with E-state index in [1.807, 2.05) is 43.5 Å². The topological polar surface area (TPSA) is 62.2 Å². The standard InChI is InChI=1S/C17H20N2O2S/c1-12(15(11-20)22-2)19-16(21)9-8-14-6-3-5-13-7-4-10-18-17(13)14/h3-10,12,15,20H,11H2,1-2H3,(H,19,21)/b9-8+. The first kappa shape index (κ1) is 16.5. The number of thioether (sulfide) groups is 1. The third-order valence-corrected chi connectivity index (χ3v) is 4.65. The Hall–Kier alpha value is -1.85. The van der Waals surface area contributed by atoms with E-state index >= 15 is 0 Å². The molecule has 0 radical (unpaired) electrons. The number of aliphatic hydroxyl groups is 1. The van der Waals surface area contributed by atoms with E-state index in [1.165, 1.54) is 17.8 Å². The summed E-state index contributed by atoms with van der Waals surface area (Å²) in [5, 5.41) is 13.1. The molecule has 2 N–H and O–H groups in total. The molecule has 0 aliphatic rings. The van der Waals surface area contributed by atoms with Crippen LogP contribution in [0.4, 0.5) is 0 Å². The maximum Gasteiger partial charge on any atom is 0.244 e. The van der Waals surface area contributed by atoms with Crippen LogP contribution in [0.5, 0.6) is 0 Å². The quantitative estimate of drug-likeness (QED) is 0.804. The summed E-state index contributed by atoms with van der Waals surface area (Å²) < 4.78 is 0. The van der Waals surface area contributed by atoms with Crippen LogP contribution in [0, 0.1) is 0 Å². The minimum Gasteiger partial charge on any atom is -0.395 e.